The molecule has 0 aromatic heterocycles. The van der Waals surface area contributed by atoms with Gasteiger partial charge in [-0.05, 0) is 19.5 Å². The molecule has 0 atom stereocenters. The van der Waals surface area contributed by atoms with Crippen LogP contribution in [0.15, 0.2) is 11.8 Å². The molecular weight excluding hydrogens is 86.1 g/mol. The van der Waals surface area contributed by atoms with Crippen molar-refractivity contribution in [3.05, 3.63) is 11.8 Å². The van der Waals surface area contributed by atoms with Crippen molar-refractivity contribution >= 4 is 0 Å². The zero-order valence-electron chi connectivity index (χ0n) is 4.94. The summed E-state index contributed by atoms with van der Waals surface area (Å²) in [7, 11) is 2.11. The molecule has 1 nitrogen and oxygen atoms in total. The highest BCUT2D eigenvalue weighted by atomic mass is 15.1. The smallest absolute Gasteiger partial charge is 0.0207 e. The van der Waals surface area contributed by atoms with Crippen LogP contribution in [0.25, 0.3) is 0 Å². The van der Waals surface area contributed by atoms with E-state index >= 15 is 0 Å². The fourth-order valence-electron chi connectivity index (χ4n) is 0.858. The Kier molecular flexibility index (Phi) is 1.05. The van der Waals surface area contributed by atoms with E-state index in [9.17, 15) is 0 Å². The standard InChI is InChI=1S/C6H11N/c1-6-3-4-7(2)5-6/h5H,3-4H2,1-2H3. The molecule has 0 saturated carbocycles. The molecule has 0 aromatic carbocycles. The summed E-state index contributed by atoms with van der Waals surface area (Å²) in [6, 6.07) is 0. The maximum absolute atomic E-state index is 2.22. The highest BCUT2D eigenvalue weighted by Gasteiger charge is 2.01. The lowest BCUT2D eigenvalue weighted by atomic mass is 10.3. The van der Waals surface area contributed by atoms with Crippen LogP contribution >= 0.6 is 0 Å². The van der Waals surface area contributed by atoms with Gasteiger partial charge < -0.3 is 4.90 Å². The van der Waals surface area contributed by atoms with E-state index in [4.69, 9.17) is 0 Å². The Labute approximate surface area is 44.6 Å². The first-order valence-corrected chi connectivity index (χ1v) is 2.66. The predicted octanol–water partition coefficient (Wildman–Crippen LogP) is 1.23. The third-order valence-electron chi connectivity index (χ3n) is 1.30. The predicted molar refractivity (Wildman–Crippen MR) is 31.0 cm³/mol. The van der Waals surface area contributed by atoms with Gasteiger partial charge in [-0.1, -0.05) is 5.57 Å². The highest BCUT2D eigenvalue weighted by Crippen LogP contribution is 2.09. The van der Waals surface area contributed by atoms with E-state index in [0.717, 1.165) is 0 Å². The van der Waals surface area contributed by atoms with E-state index in [-0.39, 0.29) is 0 Å². The Hall–Kier alpha value is -0.460. The van der Waals surface area contributed by atoms with Gasteiger partial charge in [-0.15, -0.1) is 0 Å². The molecule has 0 radical (unpaired) electrons. The van der Waals surface area contributed by atoms with Crippen LogP contribution in [0.5, 0.6) is 0 Å². The van der Waals surface area contributed by atoms with E-state index in [1.54, 1.807) is 0 Å². The normalized spacial score (nSPS) is 20.3. The molecular formula is C6H11N. The lowest BCUT2D eigenvalue weighted by Crippen LogP contribution is -2.04. The summed E-state index contributed by atoms with van der Waals surface area (Å²) in [5.41, 5.74) is 1.50. The average Bonchev–Trinajstić information content (AvgIpc) is 1.87. The van der Waals surface area contributed by atoms with Crippen LogP contribution in [-0.4, -0.2) is 18.5 Å². The van der Waals surface area contributed by atoms with E-state index in [1.807, 2.05) is 0 Å². The van der Waals surface area contributed by atoms with Crippen molar-refractivity contribution < 1.29 is 0 Å². The molecule has 0 amide bonds. The van der Waals surface area contributed by atoms with Gasteiger partial charge in [0.15, 0.2) is 0 Å². The molecule has 1 aliphatic heterocycles. The van der Waals surface area contributed by atoms with Gasteiger partial charge in [-0.3, -0.25) is 0 Å². The van der Waals surface area contributed by atoms with Crippen LogP contribution in [0.1, 0.15) is 13.3 Å². The minimum absolute atomic E-state index is 1.21. The Morgan fingerprint density at radius 3 is 2.57 bits per heavy atom. The van der Waals surface area contributed by atoms with Crippen molar-refractivity contribution in [2.75, 3.05) is 13.6 Å². The molecule has 1 aliphatic rings. The van der Waals surface area contributed by atoms with Gasteiger partial charge in [0.05, 0.1) is 0 Å². The zero-order valence-corrected chi connectivity index (χ0v) is 4.94. The third kappa shape index (κ3) is 0.952. The summed E-state index contributed by atoms with van der Waals surface area (Å²) in [4.78, 5) is 2.22. The van der Waals surface area contributed by atoms with Crippen LogP contribution in [0.4, 0.5) is 0 Å². The van der Waals surface area contributed by atoms with Gasteiger partial charge in [0, 0.05) is 13.6 Å². The summed E-state index contributed by atoms with van der Waals surface area (Å²) in [6.07, 6.45) is 3.45. The molecule has 1 rings (SSSR count). The first-order valence-electron chi connectivity index (χ1n) is 2.66. The fourth-order valence-corrected chi connectivity index (χ4v) is 0.858. The topological polar surface area (TPSA) is 3.24 Å². The van der Waals surface area contributed by atoms with Crippen LogP contribution in [0.2, 0.25) is 0 Å². The van der Waals surface area contributed by atoms with Gasteiger partial charge in [0.1, 0.15) is 0 Å². The van der Waals surface area contributed by atoms with Crippen LogP contribution in [0.3, 0.4) is 0 Å². The molecule has 7 heavy (non-hydrogen) atoms. The largest absolute Gasteiger partial charge is 0.380 e. The van der Waals surface area contributed by atoms with Crippen molar-refractivity contribution in [2.24, 2.45) is 0 Å². The molecule has 0 fully saturated rings. The Morgan fingerprint density at radius 1 is 1.71 bits per heavy atom. The van der Waals surface area contributed by atoms with Crippen LogP contribution in [-0.2, 0) is 0 Å². The molecule has 0 N–H and O–H groups in total. The molecule has 0 saturated heterocycles. The summed E-state index contributed by atoms with van der Waals surface area (Å²) in [5, 5.41) is 0. The van der Waals surface area contributed by atoms with Crippen molar-refractivity contribution in [3.8, 4) is 0 Å². The summed E-state index contributed by atoms with van der Waals surface area (Å²) in [6.45, 7) is 3.38. The molecule has 0 unspecified atom stereocenters. The van der Waals surface area contributed by atoms with Gasteiger partial charge in [-0.2, -0.15) is 0 Å². The Bertz CT molecular complexity index is 94.4. The second-order valence-electron chi connectivity index (χ2n) is 2.21. The number of rotatable bonds is 0. The van der Waals surface area contributed by atoms with Crippen LogP contribution < -0.4 is 0 Å². The molecule has 1 heterocycles. The Morgan fingerprint density at radius 2 is 2.43 bits per heavy atom. The fraction of sp³-hybridized carbons (Fsp3) is 0.667. The highest BCUT2D eigenvalue weighted by molar-refractivity contribution is 5.02. The molecule has 0 aromatic rings. The number of hydrogen-bond donors (Lipinski definition) is 0. The average molecular weight is 97.2 g/mol. The first kappa shape index (κ1) is 4.69. The van der Waals surface area contributed by atoms with Crippen LogP contribution in [0, 0.1) is 0 Å². The molecule has 0 spiro atoms. The quantitative estimate of drug-likeness (QED) is 0.439. The van der Waals surface area contributed by atoms with Gasteiger partial charge in [0.2, 0.25) is 0 Å². The lowest BCUT2D eigenvalue weighted by molar-refractivity contribution is 0.496. The van der Waals surface area contributed by atoms with Gasteiger partial charge >= 0.3 is 0 Å². The van der Waals surface area contributed by atoms with Crippen molar-refractivity contribution in [2.45, 2.75) is 13.3 Å². The SMILES string of the molecule is CC1=CN(C)CC1. The molecule has 40 valence electrons. The molecule has 0 aliphatic carbocycles. The first-order chi connectivity index (χ1) is 3.29. The van der Waals surface area contributed by atoms with E-state index < -0.39 is 0 Å². The maximum atomic E-state index is 2.22. The molecule has 0 bridgehead atoms. The summed E-state index contributed by atoms with van der Waals surface area (Å²) >= 11 is 0. The lowest BCUT2D eigenvalue weighted by Gasteiger charge is -2.02. The van der Waals surface area contributed by atoms with E-state index in [1.165, 1.54) is 18.5 Å². The maximum Gasteiger partial charge on any atom is 0.0207 e. The molecule has 1 heteroatoms. The zero-order chi connectivity index (χ0) is 5.28. The minimum Gasteiger partial charge on any atom is -0.380 e. The van der Waals surface area contributed by atoms with Crippen molar-refractivity contribution in [1.29, 1.82) is 0 Å². The summed E-state index contributed by atoms with van der Waals surface area (Å²) in [5.74, 6) is 0. The van der Waals surface area contributed by atoms with Gasteiger partial charge in [0.25, 0.3) is 0 Å². The van der Waals surface area contributed by atoms with Crippen molar-refractivity contribution in [1.82, 2.24) is 4.90 Å². The third-order valence-corrected chi connectivity index (χ3v) is 1.30. The van der Waals surface area contributed by atoms with E-state index in [0.29, 0.717) is 0 Å². The Balaban J connectivity index is 2.50. The second kappa shape index (κ2) is 1.57. The second-order valence-corrected chi connectivity index (χ2v) is 2.21. The minimum atomic E-state index is 1.21. The number of hydrogen-bond acceptors (Lipinski definition) is 1. The van der Waals surface area contributed by atoms with Gasteiger partial charge in [-0.25, -0.2) is 0 Å². The monoisotopic (exact) mass is 97.1 g/mol. The number of nitrogens with zero attached hydrogens (tertiary/aromatic N) is 1. The van der Waals surface area contributed by atoms with E-state index in [2.05, 4.69) is 25.1 Å². The summed E-state index contributed by atoms with van der Waals surface area (Å²) < 4.78 is 0. The van der Waals surface area contributed by atoms with Crippen molar-refractivity contribution in [3.63, 3.8) is 0 Å².